The molecule has 0 radical (unpaired) electrons. The number of amides is 2. The van der Waals surface area contributed by atoms with Crippen LogP contribution in [0.4, 0.5) is 26.3 Å². The highest BCUT2D eigenvalue weighted by Gasteiger charge is 2.55. The van der Waals surface area contributed by atoms with E-state index in [0.717, 1.165) is 0 Å². The van der Waals surface area contributed by atoms with Crippen LogP contribution in [0, 0.1) is 0 Å². The van der Waals surface area contributed by atoms with Crippen molar-refractivity contribution < 1.29 is 46.1 Å². The molecular weight excluding hydrogens is 302 g/mol. The second-order valence-electron chi connectivity index (χ2n) is 3.87. The molecule has 0 saturated heterocycles. The molecule has 12 heteroatoms. The molecule has 120 valence electrons. The summed E-state index contributed by atoms with van der Waals surface area (Å²) in [4.78, 5) is 19.8. The minimum Gasteiger partial charge on any atom is -0.373 e. The first-order valence-electron chi connectivity index (χ1n) is 4.57. The smallest absolute Gasteiger partial charge is 0.373 e. The van der Waals surface area contributed by atoms with Gasteiger partial charge in [0.05, 0.1) is 0 Å². The molecular formula is C8H12F6N2O4. The van der Waals surface area contributed by atoms with Crippen LogP contribution in [0.2, 0.25) is 0 Å². The quantitative estimate of drug-likeness (QED) is 0.516. The van der Waals surface area contributed by atoms with Gasteiger partial charge in [0.15, 0.2) is 0 Å². The standard InChI is InChI=1S/2C4H6F3NO2/c2*1-3(10,2(8)9)4(5,6)7/h2*10H,1H3,(H2,8,9)/t2*3-/m10/s1. The SMILES string of the molecule is C[C@@](O)(C(N)=O)C(F)(F)F.C[C@](O)(C(N)=O)C(F)(F)F. The van der Waals surface area contributed by atoms with Gasteiger partial charge in [-0.15, -0.1) is 0 Å². The van der Waals surface area contributed by atoms with E-state index in [-0.39, 0.29) is 0 Å². The average molecular weight is 314 g/mol. The van der Waals surface area contributed by atoms with Gasteiger partial charge in [-0.05, 0) is 13.8 Å². The van der Waals surface area contributed by atoms with Crippen molar-refractivity contribution in [1.29, 1.82) is 0 Å². The summed E-state index contributed by atoms with van der Waals surface area (Å²) >= 11 is 0. The van der Waals surface area contributed by atoms with Crippen LogP contribution < -0.4 is 11.5 Å². The second-order valence-corrected chi connectivity index (χ2v) is 3.87. The van der Waals surface area contributed by atoms with Gasteiger partial charge in [0.25, 0.3) is 11.8 Å². The van der Waals surface area contributed by atoms with Crippen molar-refractivity contribution in [2.24, 2.45) is 11.5 Å². The Hall–Kier alpha value is -1.56. The maximum absolute atomic E-state index is 11.5. The average Bonchev–Trinajstić information content (AvgIpc) is 2.14. The molecule has 0 aromatic heterocycles. The van der Waals surface area contributed by atoms with E-state index in [1.54, 1.807) is 0 Å². The van der Waals surface area contributed by atoms with Crippen molar-refractivity contribution in [3.05, 3.63) is 0 Å². The topological polar surface area (TPSA) is 127 Å². The van der Waals surface area contributed by atoms with Crippen LogP contribution in [0.25, 0.3) is 0 Å². The summed E-state index contributed by atoms with van der Waals surface area (Å²) < 4.78 is 69.2. The number of primary amides is 2. The highest BCUT2D eigenvalue weighted by Crippen LogP contribution is 2.29. The molecule has 0 saturated carbocycles. The molecule has 0 fully saturated rings. The number of alkyl halides is 6. The van der Waals surface area contributed by atoms with Gasteiger partial charge in [0.2, 0.25) is 11.2 Å². The normalized spacial score (nSPS) is 18.1. The van der Waals surface area contributed by atoms with Crippen molar-refractivity contribution in [1.82, 2.24) is 0 Å². The van der Waals surface area contributed by atoms with Crippen molar-refractivity contribution in [2.45, 2.75) is 37.4 Å². The van der Waals surface area contributed by atoms with Crippen molar-refractivity contribution in [3.8, 4) is 0 Å². The lowest BCUT2D eigenvalue weighted by Gasteiger charge is -2.21. The third-order valence-electron chi connectivity index (χ3n) is 2.06. The molecule has 0 aliphatic carbocycles. The Morgan fingerprint density at radius 3 is 0.900 bits per heavy atom. The summed E-state index contributed by atoms with van der Waals surface area (Å²) in [7, 11) is 0. The summed E-state index contributed by atoms with van der Waals surface area (Å²) in [6, 6.07) is 0. The Morgan fingerprint density at radius 1 is 0.750 bits per heavy atom. The third-order valence-corrected chi connectivity index (χ3v) is 2.06. The van der Waals surface area contributed by atoms with Gasteiger partial charge in [0, 0.05) is 0 Å². The van der Waals surface area contributed by atoms with Gasteiger partial charge < -0.3 is 21.7 Å². The summed E-state index contributed by atoms with van der Waals surface area (Å²) in [5.41, 5.74) is 1.65. The highest BCUT2D eigenvalue weighted by atomic mass is 19.4. The maximum Gasteiger partial charge on any atom is 0.426 e. The van der Waals surface area contributed by atoms with E-state index in [1.807, 2.05) is 0 Å². The van der Waals surface area contributed by atoms with Crippen LogP contribution in [0.15, 0.2) is 0 Å². The van der Waals surface area contributed by atoms with E-state index >= 15 is 0 Å². The molecule has 0 unspecified atom stereocenters. The Balaban J connectivity index is 0. The van der Waals surface area contributed by atoms with Crippen LogP contribution in [0.3, 0.4) is 0 Å². The van der Waals surface area contributed by atoms with Gasteiger partial charge >= 0.3 is 12.4 Å². The second kappa shape index (κ2) is 5.83. The van der Waals surface area contributed by atoms with E-state index in [4.69, 9.17) is 10.2 Å². The van der Waals surface area contributed by atoms with Crippen molar-refractivity contribution >= 4 is 11.8 Å². The Kier molecular flexibility index (Phi) is 6.05. The first-order valence-corrected chi connectivity index (χ1v) is 4.57. The van der Waals surface area contributed by atoms with Gasteiger partial charge in [-0.25, -0.2) is 0 Å². The molecule has 0 bridgehead atoms. The molecule has 20 heavy (non-hydrogen) atoms. The van der Waals surface area contributed by atoms with E-state index < -0.39 is 35.4 Å². The van der Waals surface area contributed by atoms with Crippen molar-refractivity contribution in [2.75, 3.05) is 0 Å². The maximum atomic E-state index is 11.5. The lowest BCUT2D eigenvalue weighted by Crippen LogP contribution is -2.52. The molecule has 0 spiro atoms. The first-order chi connectivity index (χ1) is 8.39. The fourth-order valence-corrected chi connectivity index (χ4v) is 0.279. The Bertz CT molecular complexity index is 338. The molecule has 2 amide bonds. The van der Waals surface area contributed by atoms with Crippen LogP contribution in [-0.4, -0.2) is 45.6 Å². The summed E-state index contributed by atoms with van der Waals surface area (Å²) in [6.45, 7) is 0.602. The number of hydrogen-bond donors (Lipinski definition) is 4. The zero-order valence-electron chi connectivity index (χ0n) is 10.1. The third kappa shape index (κ3) is 4.85. The van der Waals surface area contributed by atoms with Gasteiger partial charge in [-0.3, -0.25) is 9.59 Å². The molecule has 6 nitrogen and oxygen atoms in total. The Labute approximate surface area is 108 Å². The highest BCUT2D eigenvalue weighted by molar-refractivity contribution is 5.84. The lowest BCUT2D eigenvalue weighted by molar-refractivity contribution is -0.244. The van der Waals surface area contributed by atoms with Crippen molar-refractivity contribution in [3.63, 3.8) is 0 Å². The number of halogens is 6. The Morgan fingerprint density at radius 2 is 0.900 bits per heavy atom. The number of aliphatic hydroxyl groups is 2. The van der Waals surface area contributed by atoms with Crippen LogP contribution >= 0.6 is 0 Å². The van der Waals surface area contributed by atoms with E-state index in [9.17, 15) is 35.9 Å². The zero-order valence-corrected chi connectivity index (χ0v) is 10.1. The summed E-state index contributed by atoms with van der Waals surface area (Å²) in [5.74, 6) is -3.61. The minimum atomic E-state index is -5.00. The monoisotopic (exact) mass is 314 g/mol. The van der Waals surface area contributed by atoms with Crippen LogP contribution in [0.1, 0.15) is 13.8 Å². The number of hydrogen-bond acceptors (Lipinski definition) is 4. The summed E-state index contributed by atoms with van der Waals surface area (Å²) in [5, 5.41) is 16.7. The number of carbonyl (C=O) groups is 2. The van der Waals surface area contributed by atoms with E-state index in [0.29, 0.717) is 13.8 Å². The first kappa shape index (κ1) is 20.8. The fourth-order valence-electron chi connectivity index (χ4n) is 0.279. The fraction of sp³-hybridized carbons (Fsp3) is 0.750. The zero-order chi connectivity index (χ0) is 17.2. The predicted molar refractivity (Wildman–Crippen MR) is 51.7 cm³/mol. The number of carbonyl (C=O) groups excluding carboxylic acids is 2. The molecule has 6 N–H and O–H groups in total. The van der Waals surface area contributed by atoms with Gasteiger partial charge in [-0.1, -0.05) is 0 Å². The van der Waals surface area contributed by atoms with Crippen LogP contribution in [0.5, 0.6) is 0 Å². The van der Waals surface area contributed by atoms with Gasteiger partial charge in [-0.2, -0.15) is 26.3 Å². The lowest BCUT2D eigenvalue weighted by atomic mass is 10.1. The molecule has 2 atom stereocenters. The molecule has 0 aromatic carbocycles. The number of rotatable bonds is 2. The van der Waals surface area contributed by atoms with Gasteiger partial charge in [0.1, 0.15) is 0 Å². The molecule has 0 heterocycles. The van der Waals surface area contributed by atoms with E-state index in [1.165, 1.54) is 0 Å². The molecule has 0 rings (SSSR count). The summed E-state index contributed by atoms with van der Waals surface area (Å²) in [6.07, 6.45) is -10.0. The minimum absolute atomic E-state index is 0.301. The van der Waals surface area contributed by atoms with E-state index in [2.05, 4.69) is 11.5 Å². The molecule has 0 aromatic rings. The molecule has 0 aliphatic heterocycles. The largest absolute Gasteiger partial charge is 0.426 e. The molecule has 0 aliphatic rings. The predicted octanol–water partition coefficient (Wildman–Crippen LogP) is -0.430. The van der Waals surface area contributed by atoms with Crippen LogP contribution in [-0.2, 0) is 9.59 Å². The number of nitrogens with two attached hydrogens (primary N) is 2.